The number of benzene rings is 1. The van der Waals surface area contributed by atoms with Crippen molar-refractivity contribution in [2.24, 2.45) is 11.8 Å². The Bertz CT molecular complexity index is 905. The molecule has 1 amide bonds. The molecule has 32 heavy (non-hydrogen) atoms. The number of amides is 1. The molecule has 0 radical (unpaired) electrons. The Balaban J connectivity index is 1.47. The molecule has 0 spiro atoms. The molecule has 3 heterocycles. The van der Waals surface area contributed by atoms with E-state index in [1.54, 1.807) is 7.11 Å². The summed E-state index contributed by atoms with van der Waals surface area (Å²) in [5.41, 5.74) is 1.47. The number of morpholine rings is 1. The van der Waals surface area contributed by atoms with Crippen LogP contribution in [-0.4, -0.2) is 74.1 Å². The van der Waals surface area contributed by atoms with E-state index in [4.69, 9.17) is 14.2 Å². The Labute approximate surface area is 189 Å². The van der Waals surface area contributed by atoms with Gasteiger partial charge in [0, 0.05) is 26.2 Å². The van der Waals surface area contributed by atoms with Gasteiger partial charge in [-0.1, -0.05) is 19.1 Å². The van der Waals surface area contributed by atoms with Gasteiger partial charge in [0.25, 0.3) is 5.91 Å². The Hall–Kier alpha value is -2.38. The van der Waals surface area contributed by atoms with Crippen molar-refractivity contribution >= 4 is 11.7 Å². The number of fused-ring (bicyclic) bond motifs is 1. The molecule has 3 aliphatic heterocycles. The summed E-state index contributed by atoms with van der Waals surface area (Å²) >= 11 is 0. The summed E-state index contributed by atoms with van der Waals surface area (Å²) in [6.45, 7) is 6.65. The maximum Gasteiger partial charge on any atom is 0.290 e. The van der Waals surface area contributed by atoms with Gasteiger partial charge in [0.15, 0.2) is 11.5 Å². The van der Waals surface area contributed by atoms with Gasteiger partial charge in [-0.3, -0.25) is 14.5 Å². The van der Waals surface area contributed by atoms with Crippen LogP contribution < -0.4 is 4.74 Å². The Kier molecular flexibility index (Phi) is 5.95. The minimum Gasteiger partial charge on any atom is -0.497 e. The Morgan fingerprint density at radius 1 is 1.06 bits per heavy atom. The molecule has 2 fully saturated rings. The first-order chi connectivity index (χ1) is 15.6. The zero-order valence-corrected chi connectivity index (χ0v) is 18.9. The second kappa shape index (κ2) is 8.87. The maximum atomic E-state index is 13.7. The SMILES string of the molecule is COc1ccc(C2C3=C(OC4CCC(C)CC4C3=O)C(=O)N2CCN2CCOCC2)cc1. The van der Waals surface area contributed by atoms with Crippen LogP contribution in [0.1, 0.15) is 37.8 Å². The molecule has 1 aromatic rings. The van der Waals surface area contributed by atoms with Gasteiger partial charge in [0.05, 0.1) is 37.9 Å². The van der Waals surface area contributed by atoms with E-state index >= 15 is 0 Å². The number of ether oxygens (including phenoxy) is 3. The van der Waals surface area contributed by atoms with Gasteiger partial charge in [-0.05, 0) is 42.9 Å². The molecule has 0 N–H and O–H groups in total. The highest BCUT2D eigenvalue weighted by Crippen LogP contribution is 2.47. The highest BCUT2D eigenvalue weighted by Gasteiger charge is 2.52. The van der Waals surface area contributed by atoms with Gasteiger partial charge < -0.3 is 19.1 Å². The number of carbonyl (C=O) groups excluding carboxylic acids is 2. The van der Waals surface area contributed by atoms with E-state index in [1.807, 2.05) is 29.2 Å². The Morgan fingerprint density at radius 3 is 2.53 bits per heavy atom. The Morgan fingerprint density at radius 2 is 1.81 bits per heavy atom. The lowest BCUT2D eigenvalue weighted by Gasteiger charge is -2.37. The number of ketones is 1. The van der Waals surface area contributed by atoms with Crippen molar-refractivity contribution in [1.29, 1.82) is 0 Å². The van der Waals surface area contributed by atoms with Gasteiger partial charge in [-0.2, -0.15) is 0 Å². The summed E-state index contributed by atoms with van der Waals surface area (Å²) < 4.78 is 17.0. The van der Waals surface area contributed by atoms with E-state index < -0.39 is 6.04 Å². The summed E-state index contributed by atoms with van der Waals surface area (Å²) in [5.74, 6) is 1.34. The van der Waals surface area contributed by atoms with Gasteiger partial charge in [-0.15, -0.1) is 0 Å². The standard InChI is InChI=1S/C25H32N2O5/c1-16-3-8-20-19(15-16)23(28)21-22(17-4-6-18(30-2)7-5-17)27(25(29)24(21)32-20)10-9-26-11-13-31-14-12-26/h4-7,16,19-20,22H,3,8-15H2,1-2H3. The van der Waals surface area contributed by atoms with Crippen LogP contribution in [0.25, 0.3) is 0 Å². The van der Waals surface area contributed by atoms with E-state index in [-0.39, 0.29) is 29.5 Å². The molecular formula is C25H32N2O5. The van der Waals surface area contributed by atoms with Crippen molar-refractivity contribution < 1.29 is 23.8 Å². The summed E-state index contributed by atoms with van der Waals surface area (Å²) in [6.07, 6.45) is 2.53. The van der Waals surface area contributed by atoms with E-state index in [9.17, 15) is 9.59 Å². The first-order valence-corrected chi connectivity index (χ1v) is 11.8. The minimum absolute atomic E-state index is 0.103. The minimum atomic E-state index is -0.407. The predicted octanol–water partition coefficient (Wildman–Crippen LogP) is 2.57. The lowest BCUT2D eigenvalue weighted by atomic mass is 9.74. The molecule has 1 saturated carbocycles. The molecule has 1 aromatic carbocycles. The zero-order chi connectivity index (χ0) is 22.2. The molecular weight excluding hydrogens is 408 g/mol. The van der Waals surface area contributed by atoms with Gasteiger partial charge in [0.1, 0.15) is 11.9 Å². The molecule has 0 aromatic heterocycles. The quantitative estimate of drug-likeness (QED) is 0.701. The van der Waals surface area contributed by atoms with Crippen LogP contribution in [0.5, 0.6) is 5.75 Å². The lowest BCUT2D eigenvalue weighted by Crippen LogP contribution is -2.43. The van der Waals surface area contributed by atoms with Crippen molar-refractivity contribution in [3.63, 3.8) is 0 Å². The number of hydrogen-bond donors (Lipinski definition) is 0. The van der Waals surface area contributed by atoms with E-state index in [2.05, 4.69) is 11.8 Å². The number of hydrogen-bond acceptors (Lipinski definition) is 6. The highest BCUT2D eigenvalue weighted by atomic mass is 16.5. The van der Waals surface area contributed by atoms with Crippen LogP contribution >= 0.6 is 0 Å². The van der Waals surface area contributed by atoms with Crippen LogP contribution in [-0.2, 0) is 19.1 Å². The fourth-order valence-electron chi connectivity index (χ4n) is 5.56. The van der Waals surface area contributed by atoms with Gasteiger partial charge in [-0.25, -0.2) is 0 Å². The topological polar surface area (TPSA) is 68.3 Å². The third-order valence-electron chi connectivity index (χ3n) is 7.40. The maximum absolute atomic E-state index is 13.7. The van der Waals surface area contributed by atoms with Crippen molar-refractivity contribution in [1.82, 2.24) is 9.80 Å². The van der Waals surface area contributed by atoms with Gasteiger partial charge >= 0.3 is 0 Å². The first kappa shape index (κ1) is 21.5. The first-order valence-electron chi connectivity index (χ1n) is 11.8. The number of carbonyl (C=O) groups is 2. The van der Waals surface area contributed by atoms with Crippen molar-refractivity contribution in [2.75, 3.05) is 46.5 Å². The molecule has 4 unspecified atom stereocenters. The van der Waals surface area contributed by atoms with E-state index in [0.29, 0.717) is 31.2 Å². The average molecular weight is 441 g/mol. The number of Topliss-reactive ketones (excluding diaryl/α,β-unsaturated/α-hetero) is 1. The third-order valence-corrected chi connectivity index (χ3v) is 7.40. The molecule has 1 aliphatic carbocycles. The fraction of sp³-hybridized carbons (Fsp3) is 0.600. The summed E-state index contributed by atoms with van der Waals surface area (Å²) in [7, 11) is 1.63. The van der Waals surface area contributed by atoms with Crippen molar-refractivity contribution in [2.45, 2.75) is 38.3 Å². The predicted molar refractivity (Wildman–Crippen MR) is 118 cm³/mol. The van der Waals surface area contributed by atoms with E-state index in [0.717, 1.165) is 50.2 Å². The second-order valence-electron chi connectivity index (χ2n) is 9.42. The summed E-state index contributed by atoms with van der Waals surface area (Å²) in [5, 5.41) is 0. The van der Waals surface area contributed by atoms with Crippen molar-refractivity contribution in [3.8, 4) is 5.75 Å². The zero-order valence-electron chi connectivity index (χ0n) is 18.9. The number of nitrogens with zero attached hydrogens (tertiary/aromatic N) is 2. The fourth-order valence-corrected chi connectivity index (χ4v) is 5.56. The largest absolute Gasteiger partial charge is 0.497 e. The number of rotatable bonds is 5. The molecule has 7 heteroatoms. The van der Waals surface area contributed by atoms with Crippen LogP contribution in [0, 0.1) is 11.8 Å². The monoisotopic (exact) mass is 440 g/mol. The molecule has 4 atom stereocenters. The number of methoxy groups -OCH3 is 1. The lowest BCUT2D eigenvalue weighted by molar-refractivity contribution is -0.136. The van der Waals surface area contributed by atoms with Crippen LogP contribution in [0.15, 0.2) is 35.6 Å². The normalized spacial score (nSPS) is 30.8. The molecule has 7 nitrogen and oxygen atoms in total. The van der Waals surface area contributed by atoms with Crippen molar-refractivity contribution in [3.05, 3.63) is 41.2 Å². The van der Waals surface area contributed by atoms with Gasteiger partial charge in [0.2, 0.25) is 0 Å². The van der Waals surface area contributed by atoms with Crippen LogP contribution in [0.2, 0.25) is 0 Å². The van der Waals surface area contributed by atoms with Crippen LogP contribution in [0.3, 0.4) is 0 Å². The molecule has 0 bridgehead atoms. The van der Waals surface area contributed by atoms with E-state index in [1.165, 1.54) is 0 Å². The molecule has 5 rings (SSSR count). The van der Waals surface area contributed by atoms with Crippen LogP contribution in [0.4, 0.5) is 0 Å². The second-order valence-corrected chi connectivity index (χ2v) is 9.42. The molecule has 172 valence electrons. The average Bonchev–Trinajstić information content (AvgIpc) is 3.10. The third kappa shape index (κ3) is 3.82. The summed E-state index contributed by atoms with van der Waals surface area (Å²) in [4.78, 5) is 31.4. The molecule has 1 saturated heterocycles. The highest BCUT2D eigenvalue weighted by molar-refractivity contribution is 6.11. The smallest absolute Gasteiger partial charge is 0.290 e. The molecule has 4 aliphatic rings. The summed E-state index contributed by atoms with van der Waals surface area (Å²) in [6, 6.07) is 7.28.